The van der Waals surface area contributed by atoms with Crippen molar-refractivity contribution in [2.45, 2.75) is 26.3 Å². The van der Waals surface area contributed by atoms with Crippen LogP contribution in [-0.4, -0.2) is 82.4 Å². The maximum atomic E-state index is 12.5. The molecule has 28 heavy (non-hydrogen) atoms. The molecule has 2 aliphatic heterocycles. The predicted octanol–water partition coefficient (Wildman–Crippen LogP) is 1.32. The first-order valence-corrected chi connectivity index (χ1v) is 10.1. The van der Waals surface area contributed by atoms with E-state index in [1.807, 2.05) is 28.9 Å². The van der Waals surface area contributed by atoms with E-state index in [4.69, 9.17) is 0 Å². The van der Waals surface area contributed by atoms with Crippen LogP contribution in [0.5, 0.6) is 0 Å². The predicted molar refractivity (Wildman–Crippen MR) is 107 cm³/mol. The minimum Gasteiger partial charge on any atom is -0.342 e. The fraction of sp³-hybridized carbons (Fsp3) is 0.550. The summed E-state index contributed by atoms with van der Waals surface area (Å²) >= 11 is 0. The van der Waals surface area contributed by atoms with Crippen molar-refractivity contribution in [1.29, 1.82) is 0 Å². The second-order valence-corrected chi connectivity index (χ2v) is 7.71. The summed E-state index contributed by atoms with van der Waals surface area (Å²) in [7, 11) is 0. The first-order chi connectivity index (χ1) is 13.6. The number of piperazine rings is 1. The standard InChI is InChI=1S/C20H28N6O2/c1-15-4-5-16-17(12-15)23-18(22-16)13-21-20(28)26-10-8-24(9-11-26)14-19(27)25-6-2-3-7-25/h4-5,12H,2-3,6-11,13-14H2,1H3,(H,21,28)(H,22,23). The molecule has 2 saturated heterocycles. The molecular formula is C20H28N6O2. The van der Waals surface area contributed by atoms with E-state index in [-0.39, 0.29) is 11.9 Å². The van der Waals surface area contributed by atoms with Gasteiger partial charge >= 0.3 is 6.03 Å². The van der Waals surface area contributed by atoms with Gasteiger partial charge in [0.05, 0.1) is 24.1 Å². The van der Waals surface area contributed by atoms with Crippen molar-refractivity contribution < 1.29 is 9.59 Å². The summed E-state index contributed by atoms with van der Waals surface area (Å²) in [5.74, 6) is 0.972. The highest BCUT2D eigenvalue weighted by molar-refractivity contribution is 5.79. The van der Waals surface area contributed by atoms with Gasteiger partial charge in [0, 0.05) is 39.3 Å². The molecule has 8 heteroatoms. The zero-order valence-corrected chi connectivity index (χ0v) is 16.4. The second kappa shape index (κ2) is 8.18. The Balaban J connectivity index is 1.22. The van der Waals surface area contributed by atoms with Crippen molar-refractivity contribution in [1.82, 2.24) is 30.0 Å². The number of aromatic nitrogens is 2. The van der Waals surface area contributed by atoms with Gasteiger partial charge in [0.15, 0.2) is 0 Å². The molecule has 1 aromatic heterocycles. The van der Waals surface area contributed by atoms with Crippen LogP contribution in [0.15, 0.2) is 18.2 Å². The SMILES string of the molecule is Cc1ccc2nc(CNC(=O)N3CCN(CC(=O)N4CCCC4)CC3)[nH]c2c1. The van der Waals surface area contributed by atoms with Crippen LogP contribution in [-0.2, 0) is 11.3 Å². The number of aromatic amines is 1. The molecule has 4 rings (SSSR count). The number of carbonyl (C=O) groups excluding carboxylic acids is 2. The minimum atomic E-state index is -0.0813. The lowest BCUT2D eigenvalue weighted by molar-refractivity contribution is -0.131. The Bertz CT molecular complexity index is 849. The van der Waals surface area contributed by atoms with E-state index in [1.54, 1.807) is 0 Å². The van der Waals surface area contributed by atoms with Crippen LogP contribution >= 0.6 is 0 Å². The number of rotatable bonds is 4. The Labute approximate surface area is 164 Å². The Kier molecular flexibility index (Phi) is 5.47. The van der Waals surface area contributed by atoms with Gasteiger partial charge in [0.2, 0.25) is 5.91 Å². The lowest BCUT2D eigenvalue weighted by atomic mass is 10.2. The maximum Gasteiger partial charge on any atom is 0.317 e. The third-order valence-electron chi connectivity index (χ3n) is 5.57. The average Bonchev–Trinajstić information content (AvgIpc) is 3.36. The van der Waals surface area contributed by atoms with E-state index in [1.165, 1.54) is 5.56 Å². The van der Waals surface area contributed by atoms with Gasteiger partial charge in [-0.15, -0.1) is 0 Å². The summed E-state index contributed by atoms with van der Waals surface area (Å²) in [5, 5.41) is 2.94. The number of hydrogen-bond donors (Lipinski definition) is 2. The molecule has 0 saturated carbocycles. The lowest BCUT2D eigenvalue weighted by Gasteiger charge is -2.34. The van der Waals surface area contributed by atoms with Crippen LogP contribution in [0.3, 0.4) is 0 Å². The molecule has 1 aromatic carbocycles. The normalized spacial score (nSPS) is 18.0. The molecule has 2 fully saturated rings. The topological polar surface area (TPSA) is 84.6 Å². The van der Waals surface area contributed by atoms with Crippen molar-refractivity contribution in [2.24, 2.45) is 0 Å². The zero-order valence-electron chi connectivity index (χ0n) is 16.4. The molecule has 3 heterocycles. The number of aryl methyl sites for hydroxylation is 1. The smallest absolute Gasteiger partial charge is 0.317 e. The van der Waals surface area contributed by atoms with Crippen molar-refractivity contribution in [2.75, 3.05) is 45.8 Å². The first-order valence-electron chi connectivity index (χ1n) is 10.1. The van der Waals surface area contributed by atoms with Crippen molar-refractivity contribution in [3.63, 3.8) is 0 Å². The molecule has 0 atom stereocenters. The Morgan fingerprint density at radius 1 is 1.07 bits per heavy atom. The summed E-state index contributed by atoms with van der Waals surface area (Å²) in [4.78, 5) is 38.4. The quantitative estimate of drug-likeness (QED) is 0.833. The Morgan fingerprint density at radius 2 is 1.82 bits per heavy atom. The number of carbonyl (C=O) groups is 2. The van der Waals surface area contributed by atoms with Crippen LogP contribution in [0, 0.1) is 6.92 Å². The van der Waals surface area contributed by atoms with E-state index in [2.05, 4.69) is 26.3 Å². The highest BCUT2D eigenvalue weighted by Gasteiger charge is 2.25. The van der Waals surface area contributed by atoms with Crippen LogP contribution < -0.4 is 5.32 Å². The van der Waals surface area contributed by atoms with Crippen molar-refractivity contribution in [3.8, 4) is 0 Å². The largest absolute Gasteiger partial charge is 0.342 e. The van der Waals surface area contributed by atoms with E-state index >= 15 is 0 Å². The number of nitrogens with one attached hydrogen (secondary N) is 2. The lowest BCUT2D eigenvalue weighted by Crippen LogP contribution is -2.53. The number of benzene rings is 1. The average molecular weight is 384 g/mol. The van der Waals surface area contributed by atoms with Gasteiger partial charge in [-0.2, -0.15) is 0 Å². The number of likely N-dealkylation sites (tertiary alicyclic amines) is 1. The van der Waals surface area contributed by atoms with Gasteiger partial charge in [-0.05, 0) is 37.5 Å². The molecule has 2 N–H and O–H groups in total. The molecule has 2 aliphatic rings. The molecule has 0 bridgehead atoms. The Morgan fingerprint density at radius 3 is 2.57 bits per heavy atom. The van der Waals surface area contributed by atoms with E-state index in [9.17, 15) is 9.59 Å². The highest BCUT2D eigenvalue weighted by Crippen LogP contribution is 2.13. The van der Waals surface area contributed by atoms with Crippen LogP contribution in [0.25, 0.3) is 11.0 Å². The van der Waals surface area contributed by atoms with Gasteiger partial charge in [-0.3, -0.25) is 9.69 Å². The van der Waals surface area contributed by atoms with E-state index in [0.717, 1.165) is 55.9 Å². The molecule has 2 aromatic rings. The van der Waals surface area contributed by atoms with Crippen LogP contribution in [0.2, 0.25) is 0 Å². The van der Waals surface area contributed by atoms with Gasteiger partial charge in [0.1, 0.15) is 5.82 Å². The van der Waals surface area contributed by atoms with Crippen molar-refractivity contribution in [3.05, 3.63) is 29.6 Å². The molecule has 0 spiro atoms. The van der Waals surface area contributed by atoms with Gasteiger partial charge in [-0.1, -0.05) is 6.07 Å². The van der Waals surface area contributed by atoms with Gasteiger partial charge < -0.3 is 20.1 Å². The van der Waals surface area contributed by atoms with Crippen LogP contribution in [0.1, 0.15) is 24.2 Å². The number of fused-ring (bicyclic) bond motifs is 1. The van der Waals surface area contributed by atoms with E-state index < -0.39 is 0 Å². The summed E-state index contributed by atoms with van der Waals surface area (Å²) in [6, 6.07) is 5.98. The fourth-order valence-corrected chi connectivity index (χ4v) is 3.90. The first kappa shape index (κ1) is 18.7. The number of urea groups is 1. The third-order valence-corrected chi connectivity index (χ3v) is 5.57. The van der Waals surface area contributed by atoms with E-state index in [0.29, 0.717) is 26.2 Å². The maximum absolute atomic E-state index is 12.5. The molecule has 0 radical (unpaired) electrons. The monoisotopic (exact) mass is 384 g/mol. The van der Waals surface area contributed by atoms with Crippen molar-refractivity contribution >= 4 is 23.0 Å². The summed E-state index contributed by atoms with van der Waals surface area (Å²) in [6.45, 7) is 7.41. The summed E-state index contributed by atoms with van der Waals surface area (Å²) < 4.78 is 0. The highest BCUT2D eigenvalue weighted by atomic mass is 16.2. The fourth-order valence-electron chi connectivity index (χ4n) is 3.90. The Hall–Kier alpha value is -2.61. The number of hydrogen-bond acceptors (Lipinski definition) is 4. The molecule has 0 unspecified atom stereocenters. The molecule has 8 nitrogen and oxygen atoms in total. The molecule has 0 aliphatic carbocycles. The second-order valence-electron chi connectivity index (χ2n) is 7.71. The number of H-pyrrole nitrogens is 1. The third kappa shape index (κ3) is 4.27. The number of amides is 3. The molecule has 3 amide bonds. The number of imidazole rings is 1. The molecular weight excluding hydrogens is 356 g/mol. The van der Waals surface area contributed by atoms with Gasteiger partial charge in [-0.25, -0.2) is 9.78 Å². The minimum absolute atomic E-state index is 0.0813. The summed E-state index contributed by atoms with van der Waals surface area (Å²) in [5.41, 5.74) is 3.07. The number of nitrogens with zero attached hydrogens (tertiary/aromatic N) is 4. The van der Waals surface area contributed by atoms with Crippen LogP contribution in [0.4, 0.5) is 4.79 Å². The molecule has 150 valence electrons. The van der Waals surface area contributed by atoms with Gasteiger partial charge in [0.25, 0.3) is 0 Å². The summed E-state index contributed by atoms with van der Waals surface area (Å²) in [6.07, 6.45) is 2.23. The zero-order chi connectivity index (χ0) is 19.5.